The third-order valence-corrected chi connectivity index (χ3v) is 3.24. The number of carbonyl (C=O) groups excluding carboxylic acids is 2. The molecular formula is C15H12Cl2N2O3. The number of hydrogen-bond acceptors (Lipinski definition) is 4. The number of rotatable bonds is 4. The van der Waals surface area contributed by atoms with Gasteiger partial charge in [0.1, 0.15) is 0 Å². The number of amides is 1. The van der Waals surface area contributed by atoms with Crippen molar-refractivity contribution in [1.29, 1.82) is 0 Å². The van der Waals surface area contributed by atoms with E-state index in [4.69, 9.17) is 33.7 Å². The van der Waals surface area contributed by atoms with E-state index in [2.05, 4.69) is 5.32 Å². The van der Waals surface area contributed by atoms with Crippen LogP contribution in [0.4, 0.5) is 11.4 Å². The van der Waals surface area contributed by atoms with Crippen molar-refractivity contribution < 1.29 is 14.3 Å². The minimum atomic E-state index is -0.773. The number of hydrogen-bond donors (Lipinski definition) is 2. The molecular weight excluding hydrogens is 327 g/mol. The molecule has 2 aromatic rings. The molecule has 1 amide bonds. The molecule has 0 saturated heterocycles. The Hall–Kier alpha value is -2.24. The molecule has 5 nitrogen and oxygen atoms in total. The number of ether oxygens (including phenoxy) is 1. The van der Waals surface area contributed by atoms with Crippen LogP contribution in [0.3, 0.4) is 0 Å². The van der Waals surface area contributed by atoms with Gasteiger partial charge < -0.3 is 15.8 Å². The fourth-order valence-electron chi connectivity index (χ4n) is 1.68. The summed E-state index contributed by atoms with van der Waals surface area (Å²) < 4.78 is 4.90. The van der Waals surface area contributed by atoms with Crippen LogP contribution in [-0.4, -0.2) is 18.5 Å². The first-order valence-corrected chi connectivity index (χ1v) is 6.99. The maximum absolute atomic E-state index is 11.9. The Morgan fingerprint density at radius 2 is 1.82 bits per heavy atom. The summed E-state index contributed by atoms with van der Waals surface area (Å²) in [5.41, 5.74) is 6.37. The van der Waals surface area contributed by atoms with E-state index in [1.807, 2.05) is 6.07 Å². The first kappa shape index (κ1) is 16.1. The van der Waals surface area contributed by atoms with Crippen molar-refractivity contribution in [3.8, 4) is 0 Å². The molecule has 0 aliphatic carbocycles. The van der Waals surface area contributed by atoms with Gasteiger partial charge >= 0.3 is 5.97 Å². The van der Waals surface area contributed by atoms with Crippen molar-refractivity contribution in [2.45, 2.75) is 0 Å². The molecule has 2 aromatic carbocycles. The highest BCUT2D eigenvalue weighted by Crippen LogP contribution is 2.28. The van der Waals surface area contributed by atoms with E-state index in [1.165, 1.54) is 12.1 Å². The zero-order chi connectivity index (χ0) is 16.1. The van der Waals surface area contributed by atoms with Crippen LogP contribution in [-0.2, 0) is 9.53 Å². The lowest BCUT2D eigenvalue weighted by molar-refractivity contribution is -0.119. The van der Waals surface area contributed by atoms with Gasteiger partial charge in [-0.1, -0.05) is 41.4 Å². The summed E-state index contributed by atoms with van der Waals surface area (Å²) in [7, 11) is 0. The summed E-state index contributed by atoms with van der Waals surface area (Å²) >= 11 is 11.6. The van der Waals surface area contributed by atoms with E-state index in [0.29, 0.717) is 5.69 Å². The molecule has 0 aliphatic heterocycles. The van der Waals surface area contributed by atoms with Gasteiger partial charge in [0.2, 0.25) is 0 Å². The fraction of sp³-hybridized carbons (Fsp3) is 0.0667. The normalized spacial score (nSPS) is 10.1. The molecule has 0 bridgehead atoms. The highest BCUT2D eigenvalue weighted by Gasteiger charge is 2.16. The van der Waals surface area contributed by atoms with Crippen LogP contribution in [0.15, 0.2) is 42.5 Å². The van der Waals surface area contributed by atoms with Crippen LogP contribution < -0.4 is 11.1 Å². The highest BCUT2D eigenvalue weighted by atomic mass is 35.5. The summed E-state index contributed by atoms with van der Waals surface area (Å²) in [5.74, 6) is -1.24. The quantitative estimate of drug-likeness (QED) is 0.661. The number of benzene rings is 2. The average Bonchev–Trinajstić information content (AvgIpc) is 2.49. The second-order valence-corrected chi connectivity index (χ2v) is 5.18. The SMILES string of the molecule is Nc1c(Cl)cc(Cl)cc1C(=O)OCC(=O)Nc1ccccc1. The number of nitrogens with two attached hydrogens (primary N) is 1. The maximum atomic E-state index is 11.9. The number of esters is 1. The van der Waals surface area contributed by atoms with Gasteiger partial charge in [-0.15, -0.1) is 0 Å². The summed E-state index contributed by atoms with van der Waals surface area (Å²) in [4.78, 5) is 23.6. The monoisotopic (exact) mass is 338 g/mol. The molecule has 0 unspecified atom stereocenters. The van der Waals surface area contributed by atoms with Gasteiger partial charge in [0.15, 0.2) is 6.61 Å². The summed E-state index contributed by atoms with van der Waals surface area (Å²) in [6, 6.07) is 11.5. The highest BCUT2D eigenvalue weighted by molar-refractivity contribution is 6.37. The van der Waals surface area contributed by atoms with Crippen LogP contribution >= 0.6 is 23.2 Å². The largest absolute Gasteiger partial charge is 0.452 e. The predicted octanol–water partition coefficient (Wildman–Crippen LogP) is 3.37. The van der Waals surface area contributed by atoms with Crippen molar-refractivity contribution in [2.75, 3.05) is 17.7 Å². The molecule has 0 fully saturated rings. The molecule has 2 rings (SSSR count). The van der Waals surface area contributed by atoms with Crippen molar-refractivity contribution >= 4 is 46.5 Å². The number of halogens is 2. The van der Waals surface area contributed by atoms with Gasteiger partial charge in [-0.2, -0.15) is 0 Å². The lowest BCUT2D eigenvalue weighted by atomic mass is 10.2. The second-order valence-electron chi connectivity index (χ2n) is 4.34. The molecule has 114 valence electrons. The van der Waals surface area contributed by atoms with Crippen molar-refractivity contribution in [1.82, 2.24) is 0 Å². The van der Waals surface area contributed by atoms with Crippen molar-refractivity contribution in [3.05, 3.63) is 58.1 Å². The topological polar surface area (TPSA) is 81.4 Å². The van der Waals surface area contributed by atoms with Crippen molar-refractivity contribution in [2.24, 2.45) is 0 Å². The Morgan fingerprint density at radius 3 is 2.50 bits per heavy atom. The van der Waals surface area contributed by atoms with Crippen LogP contribution in [0.5, 0.6) is 0 Å². The van der Waals surface area contributed by atoms with E-state index < -0.39 is 18.5 Å². The lowest BCUT2D eigenvalue weighted by Crippen LogP contribution is -2.21. The molecule has 0 heterocycles. The Kier molecular flexibility index (Phi) is 5.25. The molecule has 3 N–H and O–H groups in total. The Bertz CT molecular complexity index is 705. The van der Waals surface area contributed by atoms with E-state index >= 15 is 0 Å². The fourth-order valence-corrected chi connectivity index (χ4v) is 2.17. The number of nitrogen functional groups attached to an aromatic ring is 1. The van der Waals surface area contributed by atoms with Crippen LogP contribution in [0.1, 0.15) is 10.4 Å². The van der Waals surface area contributed by atoms with Crippen molar-refractivity contribution in [3.63, 3.8) is 0 Å². The number of anilines is 2. The first-order chi connectivity index (χ1) is 10.5. The van der Waals surface area contributed by atoms with Gasteiger partial charge in [-0.05, 0) is 24.3 Å². The Balaban J connectivity index is 1.97. The molecule has 0 aliphatic rings. The minimum absolute atomic E-state index is 0.0185. The van der Waals surface area contributed by atoms with Crippen LogP contribution in [0.25, 0.3) is 0 Å². The number of carbonyl (C=O) groups is 2. The lowest BCUT2D eigenvalue weighted by Gasteiger charge is -2.09. The summed E-state index contributed by atoms with van der Waals surface area (Å²) in [6.07, 6.45) is 0. The van der Waals surface area contributed by atoms with E-state index in [0.717, 1.165) is 0 Å². The molecule has 7 heteroatoms. The van der Waals surface area contributed by atoms with Gasteiger partial charge in [0, 0.05) is 10.7 Å². The molecule has 0 radical (unpaired) electrons. The zero-order valence-electron chi connectivity index (χ0n) is 11.3. The van der Waals surface area contributed by atoms with E-state index in [-0.39, 0.29) is 21.3 Å². The molecule has 0 saturated carbocycles. The van der Waals surface area contributed by atoms with E-state index in [1.54, 1.807) is 24.3 Å². The standard InChI is InChI=1S/C15H12Cl2N2O3/c16-9-6-11(14(18)12(17)7-9)15(21)22-8-13(20)19-10-4-2-1-3-5-10/h1-7H,8,18H2,(H,19,20). The third kappa shape index (κ3) is 4.13. The Morgan fingerprint density at radius 1 is 1.14 bits per heavy atom. The first-order valence-electron chi connectivity index (χ1n) is 6.24. The average molecular weight is 339 g/mol. The maximum Gasteiger partial charge on any atom is 0.340 e. The van der Waals surface area contributed by atoms with Gasteiger partial charge in [0.25, 0.3) is 5.91 Å². The molecule has 0 aromatic heterocycles. The summed E-state index contributed by atoms with van der Waals surface area (Å²) in [6.45, 7) is -0.447. The molecule has 22 heavy (non-hydrogen) atoms. The zero-order valence-corrected chi connectivity index (χ0v) is 12.8. The van der Waals surface area contributed by atoms with E-state index in [9.17, 15) is 9.59 Å². The van der Waals surface area contributed by atoms with Gasteiger partial charge in [-0.25, -0.2) is 4.79 Å². The van der Waals surface area contributed by atoms with Crippen LogP contribution in [0, 0.1) is 0 Å². The number of nitrogens with one attached hydrogen (secondary N) is 1. The Labute approximate surface area is 137 Å². The second kappa shape index (κ2) is 7.15. The smallest absolute Gasteiger partial charge is 0.340 e. The van der Waals surface area contributed by atoms with Gasteiger partial charge in [0.05, 0.1) is 16.3 Å². The number of para-hydroxylation sites is 1. The van der Waals surface area contributed by atoms with Crippen LogP contribution in [0.2, 0.25) is 10.0 Å². The van der Waals surface area contributed by atoms with Gasteiger partial charge in [-0.3, -0.25) is 4.79 Å². The molecule has 0 spiro atoms. The summed E-state index contributed by atoms with van der Waals surface area (Å²) in [5, 5.41) is 2.98. The predicted molar refractivity (Wildman–Crippen MR) is 86.2 cm³/mol. The molecule has 0 atom stereocenters. The third-order valence-electron chi connectivity index (χ3n) is 2.71. The minimum Gasteiger partial charge on any atom is -0.452 e.